The minimum absolute atomic E-state index is 0.0520. The van der Waals surface area contributed by atoms with Crippen LogP contribution in [0.25, 0.3) is 0 Å². The lowest BCUT2D eigenvalue weighted by atomic mass is 10.1. The third-order valence-corrected chi connectivity index (χ3v) is 4.22. The molecule has 0 saturated carbocycles. The van der Waals surface area contributed by atoms with Gasteiger partial charge in [0.05, 0.1) is 17.9 Å². The van der Waals surface area contributed by atoms with Gasteiger partial charge in [-0.3, -0.25) is 14.4 Å². The fourth-order valence-electron chi connectivity index (χ4n) is 2.36. The van der Waals surface area contributed by atoms with Crippen LogP contribution in [-0.4, -0.2) is 48.9 Å². The minimum atomic E-state index is -1.04. The van der Waals surface area contributed by atoms with E-state index in [9.17, 15) is 19.2 Å². The zero-order valence-electron chi connectivity index (χ0n) is 20.8. The molecule has 0 fully saturated rings. The average Bonchev–Trinajstić information content (AvgIpc) is 2.73. The zero-order chi connectivity index (χ0) is 26.0. The minimum Gasteiger partial charge on any atom is -0.458 e. The summed E-state index contributed by atoms with van der Waals surface area (Å²) < 4.78 is 25.6. The van der Waals surface area contributed by atoms with Crippen molar-refractivity contribution in [1.29, 1.82) is 0 Å². The molecule has 2 N–H and O–H groups in total. The summed E-state index contributed by atoms with van der Waals surface area (Å²) in [5.74, 6) is -2.34. The van der Waals surface area contributed by atoms with E-state index in [1.807, 2.05) is 0 Å². The van der Waals surface area contributed by atoms with Gasteiger partial charge in [-0.05, 0) is 44.9 Å². The molecule has 34 heavy (non-hydrogen) atoms. The molecule has 0 radical (unpaired) electrons. The second kappa shape index (κ2) is 13.5. The highest BCUT2D eigenvalue weighted by Crippen LogP contribution is 2.30. The summed E-state index contributed by atoms with van der Waals surface area (Å²) in [6.45, 7) is 11.4. The predicted molar refractivity (Wildman–Crippen MR) is 122 cm³/mol. The van der Waals surface area contributed by atoms with Crippen molar-refractivity contribution in [3.8, 4) is 11.5 Å². The summed E-state index contributed by atoms with van der Waals surface area (Å²) in [6.07, 6.45) is -1.86. The van der Waals surface area contributed by atoms with E-state index in [1.54, 1.807) is 54.5 Å². The lowest BCUT2D eigenvalue weighted by Gasteiger charge is -2.18. The van der Waals surface area contributed by atoms with Gasteiger partial charge in [-0.15, -0.1) is 0 Å². The molecule has 0 aliphatic heterocycles. The van der Waals surface area contributed by atoms with Gasteiger partial charge in [0.15, 0.2) is 11.5 Å². The number of carbonyl (C=O) groups is 4. The van der Waals surface area contributed by atoms with Gasteiger partial charge in [-0.25, -0.2) is 4.79 Å². The quantitative estimate of drug-likeness (QED) is 0.370. The van der Waals surface area contributed by atoms with E-state index < -0.39 is 42.1 Å². The molecule has 0 saturated heterocycles. The van der Waals surface area contributed by atoms with Crippen LogP contribution < -0.4 is 15.2 Å². The normalized spacial score (nSPS) is 12.8. The van der Waals surface area contributed by atoms with Crippen LogP contribution in [0.15, 0.2) is 18.2 Å². The molecule has 0 aliphatic carbocycles. The molecule has 0 spiro atoms. The topological polar surface area (TPSA) is 140 Å². The Bertz CT molecular complexity index is 864. The summed E-state index contributed by atoms with van der Waals surface area (Å²) in [5, 5.41) is 0. The molecule has 0 aliphatic rings. The predicted octanol–water partition coefficient (Wildman–Crippen LogP) is 3.17. The first-order valence-corrected chi connectivity index (χ1v) is 11.2. The SMILES string of the molecule is CC(C)OC(=O)OC[C@H](C)OC(=O)[C@@H](N)Cc1ccc(OC(=O)C(C)C)c(OC(=O)C(C)C)c1. The smallest absolute Gasteiger partial charge is 0.458 e. The van der Waals surface area contributed by atoms with Gasteiger partial charge >= 0.3 is 24.1 Å². The van der Waals surface area contributed by atoms with Crippen LogP contribution in [0.2, 0.25) is 0 Å². The van der Waals surface area contributed by atoms with Gasteiger partial charge in [-0.2, -0.15) is 0 Å². The molecule has 0 aromatic heterocycles. The van der Waals surface area contributed by atoms with Crippen LogP contribution in [0.1, 0.15) is 54.0 Å². The molecule has 10 heteroatoms. The Morgan fingerprint density at radius 3 is 1.88 bits per heavy atom. The van der Waals surface area contributed by atoms with E-state index in [4.69, 9.17) is 29.4 Å². The van der Waals surface area contributed by atoms with Crippen molar-refractivity contribution >= 4 is 24.1 Å². The first-order chi connectivity index (χ1) is 15.8. The molecule has 0 unspecified atom stereocenters. The Balaban J connectivity index is 2.83. The molecule has 190 valence electrons. The Morgan fingerprint density at radius 2 is 1.35 bits per heavy atom. The summed E-state index contributed by atoms with van der Waals surface area (Å²) >= 11 is 0. The van der Waals surface area contributed by atoms with Crippen LogP contribution in [0.3, 0.4) is 0 Å². The largest absolute Gasteiger partial charge is 0.508 e. The number of nitrogens with two attached hydrogens (primary N) is 1. The van der Waals surface area contributed by atoms with Crippen LogP contribution in [0, 0.1) is 11.8 Å². The summed E-state index contributed by atoms with van der Waals surface area (Å²) in [5.41, 5.74) is 6.54. The summed E-state index contributed by atoms with van der Waals surface area (Å²) in [7, 11) is 0. The molecule has 0 amide bonds. The lowest BCUT2D eigenvalue weighted by molar-refractivity contribution is -0.152. The van der Waals surface area contributed by atoms with Crippen LogP contribution in [-0.2, 0) is 35.0 Å². The maximum atomic E-state index is 12.3. The third kappa shape index (κ3) is 10.2. The van der Waals surface area contributed by atoms with Gasteiger partial charge in [0, 0.05) is 0 Å². The second-order valence-electron chi connectivity index (χ2n) is 8.72. The van der Waals surface area contributed by atoms with E-state index >= 15 is 0 Å². The number of carbonyl (C=O) groups excluding carboxylic acids is 4. The lowest BCUT2D eigenvalue weighted by Crippen LogP contribution is -2.37. The molecule has 1 aromatic carbocycles. The van der Waals surface area contributed by atoms with E-state index in [0.29, 0.717) is 5.56 Å². The highest BCUT2D eigenvalue weighted by molar-refractivity contribution is 5.78. The molecule has 0 bridgehead atoms. The Labute approximate surface area is 200 Å². The van der Waals surface area contributed by atoms with Crippen molar-refractivity contribution in [2.45, 2.75) is 73.1 Å². The number of rotatable bonds is 11. The van der Waals surface area contributed by atoms with Crippen molar-refractivity contribution in [1.82, 2.24) is 0 Å². The molecule has 0 heterocycles. The highest BCUT2D eigenvalue weighted by Gasteiger charge is 2.22. The monoisotopic (exact) mass is 481 g/mol. The van der Waals surface area contributed by atoms with E-state index in [0.717, 1.165) is 0 Å². The van der Waals surface area contributed by atoms with E-state index in [2.05, 4.69) is 0 Å². The molecular weight excluding hydrogens is 446 g/mol. The molecule has 2 atom stereocenters. The number of esters is 3. The van der Waals surface area contributed by atoms with Gasteiger partial charge in [-0.1, -0.05) is 33.8 Å². The maximum Gasteiger partial charge on any atom is 0.508 e. The Hall–Kier alpha value is -3.14. The average molecular weight is 482 g/mol. The molecular formula is C24H35NO9. The first-order valence-electron chi connectivity index (χ1n) is 11.2. The fourth-order valence-corrected chi connectivity index (χ4v) is 2.36. The van der Waals surface area contributed by atoms with Gasteiger partial charge < -0.3 is 29.4 Å². The van der Waals surface area contributed by atoms with Crippen molar-refractivity contribution < 1.29 is 42.9 Å². The number of benzene rings is 1. The standard InChI is InChI=1S/C24H35NO9/c1-13(2)21(26)33-19-9-8-17(11-20(19)34-22(27)14(3)4)10-18(25)23(28)32-16(7)12-30-24(29)31-15(5)6/h8-9,11,13-16,18H,10,12,25H2,1-7H3/t16-,18-/m0/s1. The van der Waals surface area contributed by atoms with Crippen molar-refractivity contribution in [2.75, 3.05) is 6.61 Å². The summed E-state index contributed by atoms with van der Waals surface area (Å²) in [6, 6.07) is 3.54. The van der Waals surface area contributed by atoms with Crippen molar-refractivity contribution in [2.24, 2.45) is 17.6 Å². The fraction of sp³-hybridized carbons (Fsp3) is 0.583. The first kappa shape index (κ1) is 28.9. The number of ether oxygens (including phenoxy) is 5. The van der Waals surface area contributed by atoms with Crippen LogP contribution >= 0.6 is 0 Å². The van der Waals surface area contributed by atoms with Gasteiger partial charge in [0.1, 0.15) is 18.8 Å². The van der Waals surface area contributed by atoms with Crippen LogP contribution in [0.5, 0.6) is 11.5 Å². The Morgan fingerprint density at radius 1 is 0.794 bits per heavy atom. The van der Waals surface area contributed by atoms with Gasteiger partial charge in [0.2, 0.25) is 0 Å². The second-order valence-corrected chi connectivity index (χ2v) is 8.72. The Kier molecular flexibility index (Phi) is 11.5. The maximum absolute atomic E-state index is 12.3. The number of hydrogen-bond acceptors (Lipinski definition) is 10. The highest BCUT2D eigenvalue weighted by atomic mass is 16.7. The number of hydrogen-bond donors (Lipinski definition) is 1. The zero-order valence-corrected chi connectivity index (χ0v) is 20.8. The molecule has 1 rings (SSSR count). The molecule has 1 aromatic rings. The van der Waals surface area contributed by atoms with Crippen molar-refractivity contribution in [3.05, 3.63) is 23.8 Å². The van der Waals surface area contributed by atoms with Crippen molar-refractivity contribution in [3.63, 3.8) is 0 Å². The van der Waals surface area contributed by atoms with E-state index in [1.165, 1.54) is 12.1 Å². The third-order valence-electron chi connectivity index (χ3n) is 4.22. The van der Waals surface area contributed by atoms with E-state index in [-0.39, 0.29) is 36.5 Å². The summed E-state index contributed by atoms with van der Waals surface area (Å²) in [4.78, 5) is 47.9. The van der Waals surface area contributed by atoms with Crippen LogP contribution in [0.4, 0.5) is 4.79 Å². The molecule has 10 nitrogen and oxygen atoms in total. The van der Waals surface area contributed by atoms with Gasteiger partial charge in [0.25, 0.3) is 0 Å².